The summed E-state index contributed by atoms with van der Waals surface area (Å²) in [6, 6.07) is 12.7. The molecule has 4 rings (SSSR count). The predicted molar refractivity (Wildman–Crippen MR) is 105 cm³/mol. The fraction of sp³-hybridized carbons (Fsp3) is 0.348. The van der Waals surface area contributed by atoms with E-state index >= 15 is 0 Å². The quantitative estimate of drug-likeness (QED) is 0.844. The van der Waals surface area contributed by atoms with Crippen LogP contribution in [-0.4, -0.2) is 22.9 Å². The summed E-state index contributed by atoms with van der Waals surface area (Å²) in [5.74, 6) is -1.10. The molecule has 2 N–H and O–H groups in total. The second-order valence-electron chi connectivity index (χ2n) is 7.82. The highest BCUT2D eigenvalue weighted by Crippen LogP contribution is 2.39. The van der Waals surface area contributed by atoms with Crippen molar-refractivity contribution in [1.29, 1.82) is 0 Å². The number of nitrogens with zero attached hydrogens (tertiary/aromatic N) is 1. The number of benzene rings is 2. The molecule has 1 fully saturated rings. The lowest BCUT2D eigenvalue weighted by Gasteiger charge is -2.38. The molecule has 2 aromatic carbocycles. The van der Waals surface area contributed by atoms with E-state index < -0.39 is 17.2 Å². The lowest BCUT2D eigenvalue weighted by molar-refractivity contribution is -0.138. The molecular formula is C23H24F2N2O. The van der Waals surface area contributed by atoms with E-state index in [1.165, 1.54) is 6.07 Å². The lowest BCUT2D eigenvalue weighted by atomic mass is 9.81. The number of rotatable bonds is 3. The number of carbonyl (C=O) groups is 1. The highest BCUT2D eigenvalue weighted by Gasteiger charge is 2.42. The second-order valence-corrected chi connectivity index (χ2v) is 7.82. The Morgan fingerprint density at radius 3 is 2.46 bits per heavy atom. The average molecular weight is 382 g/mol. The number of amides is 1. The molecule has 0 radical (unpaired) electrons. The molecule has 2 aliphatic rings. The summed E-state index contributed by atoms with van der Waals surface area (Å²) in [6.07, 6.45) is 6.14. The van der Waals surface area contributed by atoms with Crippen LogP contribution in [-0.2, 0) is 4.79 Å². The van der Waals surface area contributed by atoms with Crippen LogP contribution in [0.5, 0.6) is 0 Å². The zero-order chi connectivity index (χ0) is 19.7. The van der Waals surface area contributed by atoms with Gasteiger partial charge in [-0.05, 0) is 42.2 Å². The Labute approximate surface area is 163 Å². The smallest absolute Gasteiger partial charge is 0.243 e. The zero-order valence-electron chi connectivity index (χ0n) is 15.7. The zero-order valence-corrected chi connectivity index (χ0v) is 15.7. The predicted octanol–water partition coefficient (Wildman–Crippen LogP) is 4.59. The fourth-order valence-electron chi connectivity index (χ4n) is 4.34. The Balaban J connectivity index is 1.72. The van der Waals surface area contributed by atoms with Gasteiger partial charge in [0, 0.05) is 12.1 Å². The van der Waals surface area contributed by atoms with Gasteiger partial charge < -0.3 is 10.6 Å². The Kier molecular flexibility index (Phi) is 5.02. The number of hydrogen-bond acceptors (Lipinski definition) is 2. The Morgan fingerprint density at radius 2 is 1.75 bits per heavy atom. The Morgan fingerprint density at radius 1 is 1.04 bits per heavy atom. The SMILES string of the molecule is NC1(C(=O)N2CC(c3cc(F)ccc3F)=CC2c2ccccc2)CCCCC1. The van der Waals surface area contributed by atoms with E-state index in [2.05, 4.69) is 0 Å². The topological polar surface area (TPSA) is 46.3 Å². The first kappa shape index (κ1) is 18.8. The van der Waals surface area contributed by atoms with Crippen LogP contribution in [0.1, 0.15) is 49.3 Å². The largest absolute Gasteiger partial charge is 0.326 e. The highest BCUT2D eigenvalue weighted by atomic mass is 19.1. The molecule has 1 heterocycles. The van der Waals surface area contributed by atoms with E-state index in [0.29, 0.717) is 18.4 Å². The summed E-state index contributed by atoms with van der Waals surface area (Å²) < 4.78 is 28.1. The first-order chi connectivity index (χ1) is 13.5. The van der Waals surface area contributed by atoms with Crippen molar-refractivity contribution < 1.29 is 13.6 Å². The molecular weight excluding hydrogens is 358 g/mol. The highest BCUT2D eigenvalue weighted by molar-refractivity contribution is 5.90. The van der Waals surface area contributed by atoms with E-state index in [9.17, 15) is 13.6 Å². The van der Waals surface area contributed by atoms with Crippen LogP contribution in [0.2, 0.25) is 0 Å². The molecule has 0 aromatic heterocycles. The van der Waals surface area contributed by atoms with Crippen molar-refractivity contribution >= 4 is 11.5 Å². The summed E-state index contributed by atoms with van der Waals surface area (Å²) in [6.45, 7) is 0.220. The number of halogens is 2. The van der Waals surface area contributed by atoms with Crippen molar-refractivity contribution in [3.05, 3.63) is 77.4 Å². The molecule has 0 bridgehead atoms. The summed E-state index contributed by atoms with van der Waals surface area (Å²) in [4.78, 5) is 15.2. The number of nitrogens with two attached hydrogens (primary N) is 1. The van der Waals surface area contributed by atoms with E-state index in [1.807, 2.05) is 36.4 Å². The van der Waals surface area contributed by atoms with E-state index in [0.717, 1.165) is 37.0 Å². The third-order valence-electron chi connectivity index (χ3n) is 5.88. The normalized spacial score (nSPS) is 21.5. The van der Waals surface area contributed by atoms with Gasteiger partial charge in [-0.25, -0.2) is 8.78 Å². The van der Waals surface area contributed by atoms with Crippen LogP contribution >= 0.6 is 0 Å². The molecule has 1 aliphatic carbocycles. The molecule has 146 valence electrons. The molecule has 1 amide bonds. The minimum atomic E-state index is -0.880. The molecule has 3 nitrogen and oxygen atoms in total. The number of carbonyl (C=O) groups excluding carboxylic acids is 1. The molecule has 2 aromatic rings. The Hall–Kier alpha value is -2.53. The molecule has 5 heteroatoms. The van der Waals surface area contributed by atoms with Crippen molar-refractivity contribution in [3.8, 4) is 0 Å². The fourth-order valence-corrected chi connectivity index (χ4v) is 4.34. The standard InChI is InChI=1S/C23H24F2N2O/c24-18-9-10-20(25)19(14-18)17-13-21(16-7-3-1-4-8-16)27(15-17)22(28)23(26)11-5-2-6-12-23/h1,3-4,7-10,13-14,21H,2,5-6,11-12,15,26H2. The monoisotopic (exact) mass is 382 g/mol. The summed E-state index contributed by atoms with van der Waals surface area (Å²) >= 11 is 0. The summed E-state index contributed by atoms with van der Waals surface area (Å²) in [7, 11) is 0. The van der Waals surface area contributed by atoms with Gasteiger partial charge in [0.25, 0.3) is 0 Å². The Bertz CT molecular complexity index is 904. The maximum Gasteiger partial charge on any atom is 0.243 e. The minimum Gasteiger partial charge on any atom is -0.326 e. The average Bonchev–Trinajstić information content (AvgIpc) is 3.15. The van der Waals surface area contributed by atoms with Crippen LogP contribution in [0.3, 0.4) is 0 Å². The summed E-state index contributed by atoms with van der Waals surface area (Å²) in [5.41, 5.74) is 7.37. The van der Waals surface area contributed by atoms with Crippen LogP contribution in [0.4, 0.5) is 8.78 Å². The molecule has 1 unspecified atom stereocenters. The van der Waals surface area contributed by atoms with Crippen molar-refractivity contribution in [1.82, 2.24) is 4.90 Å². The maximum atomic E-state index is 14.4. The van der Waals surface area contributed by atoms with Gasteiger partial charge in [-0.15, -0.1) is 0 Å². The van der Waals surface area contributed by atoms with Gasteiger partial charge >= 0.3 is 0 Å². The molecule has 0 spiro atoms. The first-order valence-corrected chi connectivity index (χ1v) is 9.79. The van der Waals surface area contributed by atoms with Crippen LogP contribution in [0.25, 0.3) is 5.57 Å². The van der Waals surface area contributed by atoms with Gasteiger partial charge in [0.05, 0.1) is 11.6 Å². The van der Waals surface area contributed by atoms with Gasteiger partial charge in [0.15, 0.2) is 0 Å². The van der Waals surface area contributed by atoms with E-state index in [4.69, 9.17) is 5.73 Å². The van der Waals surface area contributed by atoms with Gasteiger partial charge in [-0.3, -0.25) is 4.79 Å². The molecule has 1 atom stereocenters. The third-order valence-corrected chi connectivity index (χ3v) is 5.88. The van der Waals surface area contributed by atoms with Crippen LogP contribution in [0.15, 0.2) is 54.6 Å². The van der Waals surface area contributed by atoms with Gasteiger partial charge in [0.2, 0.25) is 5.91 Å². The van der Waals surface area contributed by atoms with Crippen molar-refractivity contribution in [2.45, 2.75) is 43.7 Å². The van der Waals surface area contributed by atoms with Gasteiger partial charge in [0.1, 0.15) is 11.6 Å². The summed E-state index contributed by atoms with van der Waals surface area (Å²) in [5, 5.41) is 0. The molecule has 1 aliphatic heterocycles. The molecule has 0 saturated heterocycles. The van der Waals surface area contributed by atoms with E-state index in [1.54, 1.807) is 4.90 Å². The van der Waals surface area contributed by atoms with Crippen molar-refractivity contribution in [3.63, 3.8) is 0 Å². The maximum absolute atomic E-state index is 14.4. The number of hydrogen-bond donors (Lipinski definition) is 1. The van der Waals surface area contributed by atoms with Crippen LogP contribution < -0.4 is 5.73 Å². The molecule has 1 saturated carbocycles. The van der Waals surface area contributed by atoms with Crippen molar-refractivity contribution in [2.75, 3.05) is 6.54 Å². The molecule has 28 heavy (non-hydrogen) atoms. The minimum absolute atomic E-state index is 0.107. The lowest BCUT2D eigenvalue weighted by Crippen LogP contribution is -2.56. The van der Waals surface area contributed by atoms with Gasteiger partial charge in [-0.1, -0.05) is 55.7 Å². The third kappa shape index (κ3) is 3.47. The first-order valence-electron chi connectivity index (χ1n) is 9.79. The second kappa shape index (κ2) is 7.47. The van der Waals surface area contributed by atoms with E-state index in [-0.39, 0.29) is 24.1 Å². The van der Waals surface area contributed by atoms with Gasteiger partial charge in [-0.2, -0.15) is 0 Å². The van der Waals surface area contributed by atoms with Crippen molar-refractivity contribution in [2.24, 2.45) is 5.73 Å². The van der Waals surface area contributed by atoms with Crippen LogP contribution in [0, 0.1) is 11.6 Å².